The van der Waals surface area contributed by atoms with E-state index in [-0.39, 0.29) is 31.3 Å². The molecule has 0 bridgehead atoms. The van der Waals surface area contributed by atoms with Crippen LogP contribution in [0.15, 0.2) is 72.8 Å². The maximum Gasteiger partial charge on any atom is 0.243 e. The van der Waals surface area contributed by atoms with Crippen LogP contribution < -0.4 is 9.62 Å². The number of amides is 2. The smallest absolute Gasteiger partial charge is 0.243 e. The van der Waals surface area contributed by atoms with Crippen LogP contribution in [0, 0.1) is 20.8 Å². The summed E-state index contributed by atoms with van der Waals surface area (Å²) in [6.45, 7) is 9.00. The van der Waals surface area contributed by atoms with Gasteiger partial charge < -0.3 is 10.2 Å². The first-order chi connectivity index (χ1) is 20.0. The van der Waals surface area contributed by atoms with E-state index < -0.39 is 16.1 Å². The van der Waals surface area contributed by atoms with Crippen molar-refractivity contribution in [2.45, 2.75) is 72.4 Å². The monoisotopic (exact) mass is 591 g/mol. The Morgan fingerprint density at radius 2 is 1.57 bits per heavy atom. The van der Waals surface area contributed by atoms with Crippen LogP contribution in [0.1, 0.15) is 60.4 Å². The molecule has 0 heterocycles. The summed E-state index contributed by atoms with van der Waals surface area (Å²) in [5, 5.41) is 3.04. The highest BCUT2D eigenvalue weighted by Crippen LogP contribution is 2.23. The lowest BCUT2D eigenvalue weighted by Crippen LogP contribution is -2.50. The zero-order valence-electron chi connectivity index (χ0n) is 25.6. The lowest BCUT2D eigenvalue weighted by molar-refractivity contribution is -0.141. The number of unbranched alkanes of at least 4 members (excludes halogenated alkanes) is 1. The van der Waals surface area contributed by atoms with Crippen LogP contribution in [0.25, 0.3) is 0 Å². The van der Waals surface area contributed by atoms with E-state index in [1.165, 1.54) is 10.6 Å². The van der Waals surface area contributed by atoms with Crippen molar-refractivity contribution in [2.24, 2.45) is 0 Å². The van der Waals surface area contributed by atoms with Gasteiger partial charge in [-0.3, -0.25) is 13.9 Å². The second-order valence-corrected chi connectivity index (χ2v) is 13.0. The molecule has 0 spiro atoms. The van der Waals surface area contributed by atoms with Crippen LogP contribution in [0.2, 0.25) is 0 Å². The zero-order chi connectivity index (χ0) is 30.7. The van der Waals surface area contributed by atoms with Gasteiger partial charge in [0.1, 0.15) is 6.04 Å². The fourth-order valence-corrected chi connectivity index (χ4v) is 5.91. The number of nitrogens with zero attached hydrogens (tertiary/aromatic N) is 2. The highest BCUT2D eigenvalue weighted by Gasteiger charge is 2.30. The topological polar surface area (TPSA) is 86.8 Å². The minimum Gasteiger partial charge on any atom is -0.354 e. The van der Waals surface area contributed by atoms with Crippen molar-refractivity contribution >= 4 is 27.5 Å². The number of aryl methyl sites for hydroxylation is 3. The number of hydrogen-bond acceptors (Lipinski definition) is 4. The highest BCUT2D eigenvalue weighted by atomic mass is 32.2. The van der Waals surface area contributed by atoms with E-state index in [2.05, 4.69) is 12.2 Å². The molecule has 0 aliphatic heterocycles. The largest absolute Gasteiger partial charge is 0.354 e. The first-order valence-corrected chi connectivity index (χ1v) is 16.6. The Hall–Kier alpha value is -3.65. The molecular weight excluding hydrogens is 546 g/mol. The summed E-state index contributed by atoms with van der Waals surface area (Å²) in [5.41, 5.74) is 5.64. The summed E-state index contributed by atoms with van der Waals surface area (Å²) in [6, 6.07) is 22.5. The fraction of sp³-hybridized carbons (Fsp3) is 0.412. The Balaban J connectivity index is 1.88. The molecule has 0 aliphatic carbocycles. The molecular formula is C34H45N3O4S. The molecule has 3 aromatic rings. The van der Waals surface area contributed by atoms with E-state index in [0.717, 1.165) is 40.7 Å². The van der Waals surface area contributed by atoms with Gasteiger partial charge in [-0.2, -0.15) is 0 Å². The zero-order valence-corrected chi connectivity index (χ0v) is 26.4. The Kier molecular flexibility index (Phi) is 12.2. The van der Waals surface area contributed by atoms with Crippen LogP contribution in [0.5, 0.6) is 0 Å². The SMILES string of the molecule is CCCCNC(=O)[C@@H](Cc1ccccc1)N(Cc1cccc(C)c1)C(=O)CCCN(c1ccc(C)c(C)c1)S(C)(=O)=O. The summed E-state index contributed by atoms with van der Waals surface area (Å²) in [6.07, 6.45) is 3.80. The third-order valence-corrected chi connectivity index (χ3v) is 8.66. The van der Waals surface area contributed by atoms with E-state index in [4.69, 9.17) is 0 Å². The van der Waals surface area contributed by atoms with Crippen LogP contribution in [0.3, 0.4) is 0 Å². The number of rotatable bonds is 15. The van der Waals surface area contributed by atoms with E-state index in [0.29, 0.717) is 25.1 Å². The van der Waals surface area contributed by atoms with Crippen LogP contribution in [-0.2, 0) is 32.6 Å². The lowest BCUT2D eigenvalue weighted by Gasteiger charge is -2.32. The van der Waals surface area contributed by atoms with Crippen molar-refractivity contribution in [1.82, 2.24) is 10.2 Å². The minimum atomic E-state index is -3.56. The van der Waals surface area contributed by atoms with E-state index in [1.54, 1.807) is 11.0 Å². The number of anilines is 1. The molecule has 1 N–H and O–H groups in total. The highest BCUT2D eigenvalue weighted by molar-refractivity contribution is 7.92. The van der Waals surface area contributed by atoms with Gasteiger partial charge in [0.15, 0.2) is 0 Å². The second-order valence-electron chi connectivity index (χ2n) is 11.1. The van der Waals surface area contributed by atoms with Gasteiger partial charge in [0.2, 0.25) is 21.8 Å². The molecule has 0 saturated heterocycles. The average Bonchev–Trinajstić information content (AvgIpc) is 2.94. The van der Waals surface area contributed by atoms with Crippen molar-refractivity contribution < 1.29 is 18.0 Å². The summed E-state index contributed by atoms with van der Waals surface area (Å²) >= 11 is 0. The summed E-state index contributed by atoms with van der Waals surface area (Å²) in [7, 11) is -3.56. The summed E-state index contributed by atoms with van der Waals surface area (Å²) < 4.78 is 26.8. The quantitative estimate of drug-likeness (QED) is 0.229. The third-order valence-electron chi connectivity index (χ3n) is 7.47. The Morgan fingerprint density at radius 1 is 0.857 bits per heavy atom. The molecule has 42 heavy (non-hydrogen) atoms. The Bertz CT molecular complexity index is 1440. The van der Waals surface area contributed by atoms with Crippen molar-refractivity contribution in [3.63, 3.8) is 0 Å². The maximum absolute atomic E-state index is 13.9. The molecule has 3 aromatic carbocycles. The molecule has 0 aromatic heterocycles. The predicted molar refractivity (Wildman–Crippen MR) is 171 cm³/mol. The van der Waals surface area contributed by atoms with Gasteiger partial charge in [-0.25, -0.2) is 8.42 Å². The van der Waals surface area contributed by atoms with Crippen molar-refractivity contribution in [1.29, 1.82) is 0 Å². The van der Waals surface area contributed by atoms with Crippen molar-refractivity contribution in [3.05, 3.63) is 101 Å². The second kappa shape index (κ2) is 15.5. The molecule has 0 aliphatic rings. The minimum absolute atomic E-state index is 0.107. The van der Waals surface area contributed by atoms with Crippen LogP contribution >= 0.6 is 0 Å². The number of carbonyl (C=O) groups excluding carboxylic acids is 2. The van der Waals surface area contributed by atoms with Gasteiger partial charge in [0.05, 0.1) is 11.9 Å². The number of hydrogen-bond donors (Lipinski definition) is 1. The Labute approximate surface area is 252 Å². The number of benzene rings is 3. The first-order valence-electron chi connectivity index (χ1n) is 14.7. The van der Waals surface area contributed by atoms with Gasteiger partial charge in [0.25, 0.3) is 0 Å². The average molecular weight is 592 g/mol. The fourth-order valence-electron chi connectivity index (χ4n) is 4.95. The number of carbonyl (C=O) groups is 2. The molecule has 0 fully saturated rings. The molecule has 0 unspecified atom stereocenters. The van der Waals surface area contributed by atoms with Gasteiger partial charge in [-0.15, -0.1) is 0 Å². The normalized spacial score (nSPS) is 12.0. The molecule has 226 valence electrons. The van der Waals surface area contributed by atoms with Crippen molar-refractivity contribution in [3.8, 4) is 0 Å². The van der Waals surface area contributed by atoms with E-state index in [1.807, 2.05) is 87.5 Å². The van der Waals surface area contributed by atoms with Gasteiger partial charge in [0, 0.05) is 32.5 Å². The standard InChI is InChI=1S/C34H45N3O4S/c1-6-7-20-35-34(39)32(24-29-14-9-8-10-15-29)36(25-30-16-11-13-26(2)22-30)33(38)17-12-21-37(42(5,40)41)31-19-18-27(3)28(4)23-31/h8-11,13-16,18-19,22-23,32H,6-7,12,17,20-21,24-25H2,1-5H3,(H,35,39)/t32-/m1/s1. The summed E-state index contributed by atoms with van der Waals surface area (Å²) in [5.74, 6) is -0.363. The van der Waals surface area contributed by atoms with Crippen molar-refractivity contribution in [2.75, 3.05) is 23.7 Å². The molecule has 8 heteroatoms. The third kappa shape index (κ3) is 9.72. The Morgan fingerprint density at radius 3 is 2.21 bits per heavy atom. The molecule has 0 saturated carbocycles. The van der Waals surface area contributed by atoms with E-state index in [9.17, 15) is 18.0 Å². The molecule has 0 radical (unpaired) electrons. The lowest BCUT2D eigenvalue weighted by atomic mass is 10.0. The van der Waals surface area contributed by atoms with E-state index >= 15 is 0 Å². The molecule has 7 nitrogen and oxygen atoms in total. The number of sulfonamides is 1. The van der Waals surface area contributed by atoms with Gasteiger partial charge in [-0.1, -0.05) is 79.6 Å². The van der Waals surface area contributed by atoms with Crippen LogP contribution in [-0.4, -0.2) is 50.5 Å². The molecule has 3 rings (SSSR count). The number of nitrogens with one attached hydrogen (secondary N) is 1. The molecule has 2 amide bonds. The van der Waals surface area contributed by atoms with Gasteiger partial charge >= 0.3 is 0 Å². The van der Waals surface area contributed by atoms with Gasteiger partial charge in [-0.05, 0) is 68.0 Å². The van der Waals surface area contributed by atoms with Crippen LogP contribution in [0.4, 0.5) is 5.69 Å². The molecule has 1 atom stereocenters. The first kappa shape index (κ1) is 32.9. The maximum atomic E-state index is 13.9. The predicted octanol–water partition coefficient (Wildman–Crippen LogP) is 5.71. The summed E-state index contributed by atoms with van der Waals surface area (Å²) in [4.78, 5) is 29.2.